The molecule has 104 valence electrons. The minimum atomic E-state index is 0.514. The largest absolute Gasteiger partial charge is 0.384 e. The quantitative estimate of drug-likeness (QED) is 0.895. The topological polar surface area (TPSA) is 63.4 Å². The van der Waals surface area contributed by atoms with Crippen LogP contribution in [0.1, 0.15) is 0 Å². The molecule has 1 fully saturated rings. The van der Waals surface area contributed by atoms with Crippen molar-refractivity contribution < 1.29 is 4.74 Å². The molecule has 3 N–H and O–H groups in total. The van der Waals surface area contributed by atoms with Crippen LogP contribution >= 0.6 is 0 Å². The summed E-state index contributed by atoms with van der Waals surface area (Å²) in [5.41, 5.74) is 7.89. The molecule has 1 aliphatic heterocycles. The lowest BCUT2D eigenvalue weighted by molar-refractivity contribution is 0.122. The zero-order chi connectivity index (χ0) is 13.8. The van der Waals surface area contributed by atoms with Gasteiger partial charge >= 0.3 is 0 Å². The van der Waals surface area contributed by atoms with E-state index >= 15 is 0 Å². The molecule has 0 amide bonds. The van der Waals surface area contributed by atoms with Crippen molar-refractivity contribution in [2.45, 2.75) is 0 Å². The van der Waals surface area contributed by atoms with Gasteiger partial charge in [-0.05, 0) is 36.4 Å². The average molecular weight is 270 g/mol. The Kier molecular flexibility index (Phi) is 3.69. The standard InChI is InChI=1S/C15H18N4O/c16-14-2-1-3-15(18-14)17-12-4-6-13(7-5-12)19-8-10-20-11-9-19/h1-7H,8-11H2,(H3,16,17,18). The van der Waals surface area contributed by atoms with E-state index in [9.17, 15) is 0 Å². The predicted molar refractivity (Wildman–Crippen MR) is 81.4 cm³/mol. The molecule has 0 spiro atoms. The third kappa shape index (κ3) is 3.00. The van der Waals surface area contributed by atoms with E-state index in [0.29, 0.717) is 5.82 Å². The third-order valence-corrected chi connectivity index (χ3v) is 3.29. The summed E-state index contributed by atoms with van der Waals surface area (Å²) < 4.78 is 5.36. The Bertz CT molecular complexity index is 564. The maximum Gasteiger partial charge on any atom is 0.132 e. The van der Waals surface area contributed by atoms with E-state index in [1.54, 1.807) is 6.07 Å². The Balaban J connectivity index is 1.69. The fraction of sp³-hybridized carbons (Fsp3) is 0.267. The first-order valence-corrected chi connectivity index (χ1v) is 6.73. The second-order valence-corrected chi connectivity index (χ2v) is 4.72. The summed E-state index contributed by atoms with van der Waals surface area (Å²) in [6.07, 6.45) is 0. The molecule has 3 rings (SSSR count). The van der Waals surface area contributed by atoms with Crippen molar-refractivity contribution in [3.05, 3.63) is 42.5 Å². The number of hydrogen-bond donors (Lipinski definition) is 2. The molecule has 2 heterocycles. The molecular formula is C15H18N4O. The number of anilines is 4. The number of nitrogens with one attached hydrogen (secondary N) is 1. The summed E-state index contributed by atoms with van der Waals surface area (Å²) in [7, 11) is 0. The highest BCUT2D eigenvalue weighted by atomic mass is 16.5. The highest BCUT2D eigenvalue weighted by Crippen LogP contribution is 2.21. The molecule has 0 atom stereocenters. The van der Waals surface area contributed by atoms with Gasteiger partial charge in [-0.25, -0.2) is 4.98 Å². The van der Waals surface area contributed by atoms with Crippen LogP contribution in [0.3, 0.4) is 0 Å². The lowest BCUT2D eigenvalue weighted by Gasteiger charge is -2.28. The van der Waals surface area contributed by atoms with Crippen molar-refractivity contribution in [3.63, 3.8) is 0 Å². The van der Waals surface area contributed by atoms with Crippen molar-refractivity contribution in [2.24, 2.45) is 0 Å². The summed E-state index contributed by atoms with van der Waals surface area (Å²) in [4.78, 5) is 6.55. The summed E-state index contributed by atoms with van der Waals surface area (Å²) in [5.74, 6) is 1.27. The number of nitrogen functional groups attached to an aromatic ring is 1. The zero-order valence-electron chi connectivity index (χ0n) is 11.2. The number of benzene rings is 1. The lowest BCUT2D eigenvalue weighted by Crippen LogP contribution is -2.36. The highest BCUT2D eigenvalue weighted by molar-refractivity contribution is 5.61. The van der Waals surface area contributed by atoms with E-state index < -0.39 is 0 Å². The van der Waals surface area contributed by atoms with Crippen molar-refractivity contribution in [3.8, 4) is 0 Å². The monoisotopic (exact) mass is 270 g/mol. The third-order valence-electron chi connectivity index (χ3n) is 3.29. The molecule has 0 saturated carbocycles. The van der Waals surface area contributed by atoms with Crippen LogP contribution in [0, 0.1) is 0 Å². The normalized spacial score (nSPS) is 15.1. The smallest absolute Gasteiger partial charge is 0.132 e. The van der Waals surface area contributed by atoms with Crippen molar-refractivity contribution in [1.82, 2.24) is 4.98 Å². The number of pyridine rings is 1. The number of ether oxygens (including phenoxy) is 1. The molecule has 1 aliphatic rings. The van der Waals surface area contributed by atoms with E-state index in [-0.39, 0.29) is 0 Å². The molecule has 5 heteroatoms. The van der Waals surface area contributed by atoms with Crippen LogP contribution < -0.4 is 16.0 Å². The SMILES string of the molecule is Nc1cccc(Nc2ccc(N3CCOCC3)cc2)n1. The fourth-order valence-corrected chi connectivity index (χ4v) is 2.25. The van der Waals surface area contributed by atoms with Crippen LogP contribution in [-0.4, -0.2) is 31.3 Å². The van der Waals surface area contributed by atoms with E-state index in [2.05, 4.69) is 39.5 Å². The van der Waals surface area contributed by atoms with E-state index in [4.69, 9.17) is 10.5 Å². The van der Waals surface area contributed by atoms with Crippen LogP contribution in [0.25, 0.3) is 0 Å². The van der Waals surface area contributed by atoms with Crippen LogP contribution in [0.4, 0.5) is 23.0 Å². The average Bonchev–Trinajstić information content (AvgIpc) is 2.49. The van der Waals surface area contributed by atoms with Gasteiger partial charge < -0.3 is 20.7 Å². The van der Waals surface area contributed by atoms with E-state index in [1.807, 2.05) is 12.1 Å². The number of morpholine rings is 1. The maximum absolute atomic E-state index is 5.66. The Morgan fingerprint density at radius 1 is 1.05 bits per heavy atom. The summed E-state index contributed by atoms with van der Waals surface area (Å²) in [6, 6.07) is 13.9. The fourth-order valence-electron chi connectivity index (χ4n) is 2.25. The van der Waals surface area contributed by atoms with Crippen LogP contribution in [0.5, 0.6) is 0 Å². The first-order chi connectivity index (χ1) is 9.81. The first-order valence-electron chi connectivity index (χ1n) is 6.73. The minimum Gasteiger partial charge on any atom is -0.384 e. The van der Waals surface area contributed by atoms with Gasteiger partial charge in [0.05, 0.1) is 13.2 Å². The molecule has 0 bridgehead atoms. The predicted octanol–water partition coefficient (Wildman–Crippen LogP) is 2.24. The van der Waals surface area contributed by atoms with Crippen LogP contribution in [-0.2, 0) is 4.74 Å². The van der Waals surface area contributed by atoms with Gasteiger partial charge in [-0.3, -0.25) is 0 Å². The summed E-state index contributed by atoms with van der Waals surface area (Å²) in [5, 5.41) is 3.24. The highest BCUT2D eigenvalue weighted by Gasteiger charge is 2.10. The van der Waals surface area contributed by atoms with Crippen molar-refractivity contribution in [2.75, 3.05) is 42.3 Å². The number of aromatic nitrogens is 1. The summed E-state index contributed by atoms with van der Waals surface area (Å²) >= 11 is 0. The number of hydrogen-bond acceptors (Lipinski definition) is 5. The van der Waals surface area contributed by atoms with Crippen molar-refractivity contribution >= 4 is 23.0 Å². The van der Waals surface area contributed by atoms with Gasteiger partial charge in [0.25, 0.3) is 0 Å². The Morgan fingerprint density at radius 3 is 2.50 bits per heavy atom. The first kappa shape index (κ1) is 12.7. The Labute approximate surface area is 118 Å². The summed E-state index contributed by atoms with van der Waals surface area (Å²) in [6.45, 7) is 3.49. The molecule has 0 aliphatic carbocycles. The molecule has 0 unspecified atom stereocenters. The molecular weight excluding hydrogens is 252 g/mol. The zero-order valence-corrected chi connectivity index (χ0v) is 11.2. The van der Waals surface area contributed by atoms with Gasteiger partial charge in [0.2, 0.25) is 0 Å². The number of nitrogens with two attached hydrogens (primary N) is 1. The number of rotatable bonds is 3. The minimum absolute atomic E-state index is 0.514. The van der Waals surface area contributed by atoms with Gasteiger partial charge in [0.1, 0.15) is 11.6 Å². The van der Waals surface area contributed by atoms with Gasteiger partial charge in [0.15, 0.2) is 0 Å². The molecule has 1 aromatic carbocycles. The van der Waals surface area contributed by atoms with E-state index in [0.717, 1.165) is 37.8 Å². The van der Waals surface area contributed by atoms with Gasteiger partial charge in [-0.2, -0.15) is 0 Å². The molecule has 5 nitrogen and oxygen atoms in total. The van der Waals surface area contributed by atoms with Crippen LogP contribution in [0.15, 0.2) is 42.5 Å². The molecule has 2 aromatic rings. The molecule has 0 radical (unpaired) electrons. The van der Waals surface area contributed by atoms with Gasteiger partial charge in [-0.15, -0.1) is 0 Å². The van der Waals surface area contributed by atoms with Crippen molar-refractivity contribution in [1.29, 1.82) is 0 Å². The maximum atomic E-state index is 5.66. The lowest BCUT2D eigenvalue weighted by atomic mass is 10.2. The van der Waals surface area contributed by atoms with Crippen LogP contribution in [0.2, 0.25) is 0 Å². The van der Waals surface area contributed by atoms with E-state index in [1.165, 1.54) is 5.69 Å². The molecule has 1 aromatic heterocycles. The Morgan fingerprint density at radius 2 is 1.80 bits per heavy atom. The second kappa shape index (κ2) is 5.79. The van der Waals surface area contributed by atoms with Gasteiger partial charge in [0, 0.05) is 24.5 Å². The second-order valence-electron chi connectivity index (χ2n) is 4.72. The molecule has 1 saturated heterocycles. The number of nitrogens with zero attached hydrogens (tertiary/aromatic N) is 2. The Hall–Kier alpha value is -2.27. The van der Waals surface area contributed by atoms with Gasteiger partial charge in [-0.1, -0.05) is 6.07 Å². The molecule has 20 heavy (non-hydrogen) atoms.